The summed E-state index contributed by atoms with van der Waals surface area (Å²) >= 11 is 0. The molecule has 5 nitrogen and oxygen atoms in total. The zero-order valence-electron chi connectivity index (χ0n) is 14.0. The molecule has 1 aliphatic heterocycles. The van der Waals surface area contributed by atoms with Gasteiger partial charge in [-0.25, -0.2) is 4.39 Å². The molecule has 0 bridgehead atoms. The van der Waals surface area contributed by atoms with E-state index in [-0.39, 0.29) is 17.8 Å². The summed E-state index contributed by atoms with van der Waals surface area (Å²) < 4.78 is 19.1. The average molecular weight is 343 g/mol. The van der Waals surface area contributed by atoms with Crippen molar-refractivity contribution in [3.05, 3.63) is 59.7 Å². The first-order chi connectivity index (χ1) is 12.2. The van der Waals surface area contributed by atoms with Gasteiger partial charge in [0.05, 0.1) is 6.10 Å². The molecule has 2 N–H and O–H groups in total. The molecule has 0 saturated carbocycles. The van der Waals surface area contributed by atoms with Gasteiger partial charge in [0.25, 0.3) is 5.91 Å². The molecule has 132 valence electrons. The van der Waals surface area contributed by atoms with Crippen LogP contribution in [0.2, 0.25) is 0 Å². The number of halogens is 1. The number of hydrogen-bond donors (Lipinski definition) is 2. The van der Waals surface area contributed by atoms with Crippen molar-refractivity contribution in [3.8, 4) is 0 Å². The molecule has 3 rings (SSSR count). The minimum absolute atomic E-state index is 0.228. The van der Waals surface area contributed by atoms with E-state index >= 15 is 0 Å². The molecule has 0 aliphatic carbocycles. The van der Waals surface area contributed by atoms with E-state index in [2.05, 4.69) is 15.6 Å². The van der Waals surface area contributed by atoms with Gasteiger partial charge in [-0.05, 0) is 43.0 Å². The summed E-state index contributed by atoms with van der Waals surface area (Å²) in [7, 11) is 0. The number of nitrogens with zero attached hydrogens (tertiary/aromatic N) is 1. The molecule has 0 radical (unpaired) electrons. The van der Waals surface area contributed by atoms with Crippen LogP contribution >= 0.6 is 0 Å². The molecule has 6 heteroatoms. The van der Waals surface area contributed by atoms with E-state index in [1.165, 1.54) is 6.07 Å². The number of benzene rings is 1. The van der Waals surface area contributed by atoms with Crippen molar-refractivity contribution in [3.63, 3.8) is 0 Å². The number of aromatic nitrogens is 1. The highest BCUT2D eigenvalue weighted by Gasteiger charge is 2.15. The van der Waals surface area contributed by atoms with E-state index in [4.69, 9.17) is 4.74 Å². The fraction of sp³-hybridized carbons (Fsp3) is 0.368. The zero-order chi connectivity index (χ0) is 17.5. The van der Waals surface area contributed by atoms with E-state index in [0.29, 0.717) is 24.2 Å². The molecule has 2 heterocycles. The van der Waals surface area contributed by atoms with Crippen molar-refractivity contribution >= 4 is 11.6 Å². The Hall–Kier alpha value is -2.47. The molecular formula is C19H22FN3O2. The number of rotatable bonds is 7. The molecule has 1 aromatic heterocycles. The lowest BCUT2D eigenvalue weighted by molar-refractivity contribution is 0.0949. The maximum Gasteiger partial charge on any atom is 0.269 e. The van der Waals surface area contributed by atoms with Crippen molar-refractivity contribution in [2.24, 2.45) is 0 Å². The number of ether oxygens (including phenoxy) is 1. The Kier molecular flexibility index (Phi) is 5.95. The van der Waals surface area contributed by atoms with Crippen LogP contribution < -0.4 is 10.6 Å². The van der Waals surface area contributed by atoms with Crippen molar-refractivity contribution < 1.29 is 13.9 Å². The predicted molar refractivity (Wildman–Crippen MR) is 94.1 cm³/mol. The second kappa shape index (κ2) is 8.58. The van der Waals surface area contributed by atoms with Gasteiger partial charge in [-0.15, -0.1) is 0 Å². The van der Waals surface area contributed by atoms with Crippen LogP contribution in [0.5, 0.6) is 0 Å². The maximum absolute atomic E-state index is 13.6. The highest BCUT2D eigenvalue weighted by molar-refractivity contribution is 5.93. The molecular weight excluding hydrogens is 321 g/mol. The number of hydrogen-bond acceptors (Lipinski definition) is 4. The third kappa shape index (κ3) is 5.00. The quantitative estimate of drug-likeness (QED) is 0.811. The number of carbonyl (C=O) groups is 1. The van der Waals surface area contributed by atoms with Crippen LogP contribution in [0.25, 0.3) is 0 Å². The molecule has 1 atom stereocenters. The van der Waals surface area contributed by atoms with Crippen LogP contribution in [0.4, 0.5) is 10.1 Å². The average Bonchev–Trinajstić information content (AvgIpc) is 3.15. The fourth-order valence-corrected chi connectivity index (χ4v) is 2.80. The summed E-state index contributed by atoms with van der Waals surface area (Å²) in [5.41, 5.74) is 1.76. The van der Waals surface area contributed by atoms with Gasteiger partial charge in [0.2, 0.25) is 0 Å². The summed E-state index contributed by atoms with van der Waals surface area (Å²) in [4.78, 5) is 16.3. The molecule has 1 aliphatic rings. The minimum Gasteiger partial charge on any atom is -0.382 e. The van der Waals surface area contributed by atoms with Gasteiger partial charge in [0, 0.05) is 31.6 Å². The van der Waals surface area contributed by atoms with E-state index < -0.39 is 0 Å². The Morgan fingerprint density at radius 3 is 3.00 bits per heavy atom. The number of nitrogens with one attached hydrogen (secondary N) is 2. The Balaban J connectivity index is 1.49. The highest BCUT2D eigenvalue weighted by Crippen LogP contribution is 2.14. The summed E-state index contributed by atoms with van der Waals surface area (Å²) in [5, 5.41) is 6.06. The normalized spacial score (nSPS) is 16.6. The van der Waals surface area contributed by atoms with Crippen molar-refractivity contribution in [1.29, 1.82) is 0 Å². The second-order valence-electron chi connectivity index (χ2n) is 6.04. The number of carbonyl (C=O) groups excluding carboxylic acids is 1. The molecule has 1 unspecified atom stereocenters. The Morgan fingerprint density at radius 2 is 2.20 bits per heavy atom. The van der Waals surface area contributed by atoms with Crippen molar-refractivity contribution in [2.45, 2.75) is 25.4 Å². The minimum atomic E-state index is -0.267. The molecule has 1 amide bonds. The number of pyridine rings is 1. The van der Waals surface area contributed by atoms with Crippen LogP contribution in [0.3, 0.4) is 0 Å². The standard InChI is InChI=1S/C19H22FN3O2/c20-17-6-2-1-4-14(17)7-9-22-19(24)18-12-15(8-10-21-18)23-13-16-5-3-11-25-16/h1-2,4,6,8,10,12,16H,3,5,7,9,11,13H2,(H,21,23)(H,22,24). The van der Waals surface area contributed by atoms with Gasteiger partial charge in [-0.2, -0.15) is 0 Å². The van der Waals surface area contributed by atoms with Crippen LogP contribution in [0, 0.1) is 5.82 Å². The van der Waals surface area contributed by atoms with Gasteiger partial charge in [-0.3, -0.25) is 9.78 Å². The molecule has 1 aromatic carbocycles. The summed E-state index contributed by atoms with van der Waals surface area (Å²) in [6, 6.07) is 10.1. The van der Waals surface area contributed by atoms with E-state index in [1.807, 2.05) is 6.07 Å². The molecule has 25 heavy (non-hydrogen) atoms. The topological polar surface area (TPSA) is 63.2 Å². The van der Waals surface area contributed by atoms with Crippen LogP contribution in [-0.2, 0) is 11.2 Å². The number of anilines is 1. The lowest BCUT2D eigenvalue weighted by Gasteiger charge is -2.12. The van der Waals surface area contributed by atoms with E-state index in [0.717, 1.165) is 31.7 Å². The first-order valence-electron chi connectivity index (χ1n) is 8.55. The van der Waals surface area contributed by atoms with Gasteiger partial charge in [0.1, 0.15) is 11.5 Å². The third-order valence-corrected chi connectivity index (χ3v) is 4.19. The molecule has 2 aromatic rings. The second-order valence-corrected chi connectivity index (χ2v) is 6.04. The monoisotopic (exact) mass is 343 g/mol. The first kappa shape index (κ1) is 17.4. The van der Waals surface area contributed by atoms with E-state index in [1.54, 1.807) is 30.5 Å². The van der Waals surface area contributed by atoms with Crippen molar-refractivity contribution in [2.75, 3.05) is 25.0 Å². The Morgan fingerprint density at radius 1 is 1.32 bits per heavy atom. The zero-order valence-corrected chi connectivity index (χ0v) is 14.0. The molecule has 1 fully saturated rings. The summed E-state index contributed by atoms with van der Waals surface area (Å²) in [6.45, 7) is 1.89. The SMILES string of the molecule is O=C(NCCc1ccccc1F)c1cc(NCC2CCCO2)ccn1. The van der Waals surface area contributed by atoms with Gasteiger partial charge in [0.15, 0.2) is 0 Å². The smallest absolute Gasteiger partial charge is 0.269 e. The Labute approximate surface area is 146 Å². The van der Waals surface area contributed by atoms with Gasteiger partial charge in [-0.1, -0.05) is 18.2 Å². The third-order valence-electron chi connectivity index (χ3n) is 4.19. The fourth-order valence-electron chi connectivity index (χ4n) is 2.80. The van der Waals surface area contributed by atoms with Crippen LogP contribution in [0.1, 0.15) is 28.9 Å². The van der Waals surface area contributed by atoms with Crippen LogP contribution in [0.15, 0.2) is 42.6 Å². The molecule has 1 saturated heterocycles. The highest BCUT2D eigenvalue weighted by atomic mass is 19.1. The number of amides is 1. The van der Waals surface area contributed by atoms with Crippen molar-refractivity contribution in [1.82, 2.24) is 10.3 Å². The van der Waals surface area contributed by atoms with Gasteiger partial charge < -0.3 is 15.4 Å². The van der Waals surface area contributed by atoms with Crippen LogP contribution in [-0.4, -0.2) is 36.7 Å². The summed E-state index contributed by atoms with van der Waals surface area (Å²) in [6.07, 6.45) is 4.42. The maximum atomic E-state index is 13.6. The first-order valence-corrected chi connectivity index (χ1v) is 8.55. The van der Waals surface area contributed by atoms with E-state index in [9.17, 15) is 9.18 Å². The predicted octanol–water partition coefficient (Wildman–Crippen LogP) is 2.78. The Bertz CT molecular complexity index is 717. The molecule has 0 spiro atoms. The largest absolute Gasteiger partial charge is 0.382 e. The summed E-state index contributed by atoms with van der Waals surface area (Å²) in [5.74, 6) is -0.521. The van der Waals surface area contributed by atoms with Gasteiger partial charge >= 0.3 is 0 Å². The lowest BCUT2D eigenvalue weighted by Crippen LogP contribution is -2.27. The lowest BCUT2D eigenvalue weighted by atomic mass is 10.1.